The van der Waals surface area contributed by atoms with Gasteiger partial charge in [0, 0.05) is 37.9 Å². The van der Waals surface area contributed by atoms with Gasteiger partial charge in [-0.15, -0.1) is 12.4 Å². The quantitative estimate of drug-likeness (QED) is 0.913. The van der Waals surface area contributed by atoms with E-state index in [-0.39, 0.29) is 23.7 Å². The van der Waals surface area contributed by atoms with Gasteiger partial charge in [-0.2, -0.15) is 4.98 Å². The summed E-state index contributed by atoms with van der Waals surface area (Å²) in [6.07, 6.45) is 3.01. The maximum atomic E-state index is 12.1. The van der Waals surface area contributed by atoms with Crippen LogP contribution in [0.4, 0.5) is 0 Å². The van der Waals surface area contributed by atoms with Gasteiger partial charge in [-0.3, -0.25) is 4.79 Å². The van der Waals surface area contributed by atoms with E-state index in [4.69, 9.17) is 4.52 Å². The molecule has 2 rings (SSSR count). The molecule has 22 heavy (non-hydrogen) atoms. The lowest BCUT2D eigenvalue weighted by Gasteiger charge is -2.19. The Bertz CT molecular complexity index is 462. The Kier molecular flexibility index (Phi) is 7.29. The van der Waals surface area contributed by atoms with E-state index in [1.54, 1.807) is 0 Å². The van der Waals surface area contributed by atoms with E-state index in [1.165, 1.54) is 0 Å². The van der Waals surface area contributed by atoms with Crippen molar-refractivity contribution < 1.29 is 9.32 Å². The summed E-state index contributed by atoms with van der Waals surface area (Å²) >= 11 is 0. The smallest absolute Gasteiger partial charge is 0.226 e. The molecule has 1 aromatic heterocycles. The van der Waals surface area contributed by atoms with Gasteiger partial charge in [0.2, 0.25) is 11.8 Å². The molecule has 0 aliphatic carbocycles. The Morgan fingerprint density at radius 1 is 1.32 bits per heavy atom. The van der Waals surface area contributed by atoms with Gasteiger partial charge in [0.15, 0.2) is 5.82 Å². The molecule has 1 aliphatic heterocycles. The molecule has 0 atom stereocenters. The average Bonchev–Trinajstić information content (AvgIpc) is 2.73. The van der Waals surface area contributed by atoms with E-state index < -0.39 is 0 Å². The Hall–Kier alpha value is -1.14. The molecule has 0 unspecified atom stereocenters. The highest BCUT2D eigenvalue weighted by Crippen LogP contribution is 2.19. The van der Waals surface area contributed by atoms with Crippen molar-refractivity contribution in [2.75, 3.05) is 26.2 Å². The van der Waals surface area contributed by atoms with Crippen LogP contribution in [0.2, 0.25) is 0 Å². The number of hydrogen-bond donors (Lipinski definition) is 1. The molecule has 1 saturated heterocycles. The third-order valence-electron chi connectivity index (χ3n) is 3.61. The number of aromatic nitrogens is 2. The van der Waals surface area contributed by atoms with Gasteiger partial charge in [-0.05, 0) is 19.4 Å². The highest BCUT2D eigenvalue weighted by molar-refractivity contribution is 5.85. The van der Waals surface area contributed by atoms with Crippen LogP contribution in [0.5, 0.6) is 0 Å². The van der Waals surface area contributed by atoms with Gasteiger partial charge in [0.05, 0.1) is 0 Å². The molecule has 1 amide bonds. The first-order valence-electron chi connectivity index (χ1n) is 7.78. The number of hydrogen-bond acceptors (Lipinski definition) is 5. The molecule has 0 spiro atoms. The van der Waals surface area contributed by atoms with Crippen molar-refractivity contribution in [1.29, 1.82) is 0 Å². The van der Waals surface area contributed by atoms with Crippen molar-refractivity contribution in [3.8, 4) is 0 Å². The van der Waals surface area contributed by atoms with Crippen molar-refractivity contribution in [3.05, 3.63) is 11.7 Å². The number of amides is 1. The third kappa shape index (κ3) is 5.57. The molecule has 1 fully saturated rings. The van der Waals surface area contributed by atoms with Crippen LogP contribution < -0.4 is 5.32 Å². The van der Waals surface area contributed by atoms with Crippen LogP contribution in [0.3, 0.4) is 0 Å². The zero-order valence-electron chi connectivity index (χ0n) is 13.7. The lowest BCUT2D eigenvalue weighted by molar-refractivity contribution is -0.131. The fraction of sp³-hybridized carbons (Fsp3) is 0.800. The van der Waals surface area contributed by atoms with E-state index >= 15 is 0 Å². The Morgan fingerprint density at radius 2 is 2.09 bits per heavy atom. The Balaban J connectivity index is 0.00000242. The number of halogens is 1. The van der Waals surface area contributed by atoms with Crippen molar-refractivity contribution in [1.82, 2.24) is 20.4 Å². The van der Waals surface area contributed by atoms with Gasteiger partial charge in [-0.1, -0.05) is 25.9 Å². The summed E-state index contributed by atoms with van der Waals surface area (Å²) in [6, 6.07) is 0. The van der Waals surface area contributed by atoms with Gasteiger partial charge >= 0.3 is 0 Å². The molecule has 0 aromatic carbocycles. The highest BCUT2D eigenvalue weighted by atomic mass is 35.5. The molecular formula is C15H27ClN4O2. The number of nitrogens with one attached hydrogen (secondary N) is 1. The summed E-state index contributed by atoms with van der Waals surface area (Å²) in [5.74, 6) is 1.59. The van der Waals surface area contributed by atoms with Crippen LogP contribution in [-0.4, -0.2) is 47.1 Å². The zero-order chi connectivity index (χ0) is 15.3. The predicted octanol–water partition coefficient (Wildman–Crippen LogP) is 1.93. The second kappa shape index (κ2) is 8.48. The van der Waals surface area contributed by atoms with Gasteiger partial charge in [0.1, 0.15) is 0 Å². The maximum absolute atomic E-state index is 12.1. The second-order valence-electron chi connectivity index (χ2n) is 6.60. The summed E-state index contributed by atoms with van der Waals surface area (Å²) < 4.78 is 5.24. The highest BCUT2D eigenvalue weighted by Gasteiger charge is 2.21. The Labute approximate surface area is 138 Å². The molecule has 6 nitrogen and oxygen atoms in total. The molecule has 0 saturated carbocycles. The number of aryl methyl sites for hydroxylation is 1. The minimum atomic E-state index is -0.101. The number of carbonyl (C=O) groups is 1. The minimum absolute atomic E-state index is 0. The van der Waals surface area contributed by atoms with E-state index in [9.17, 15) is 4.79 Å². The van der Waals surface area contributed by atoms with Crippen LogP contribution in [0, 0.1) is 0 Å². The maximum Gasteiger partial charge on any atom is 0.226 e. The molecule has 0 radical (unpaired) electrons. The first-order valence-corrected chi connectivity index (χ1v) is 7.78. The summed E-state index contributed by atoms with van der Waals surface area (Å²) in [5.41, 5.74) is -0.101. The molecular weight excluding hydrogens is 304 g/mol. The van der Waals surface area contributed by atoms with Gasteiger partial charge < -0.3 is 14.7 Å². The van der Waals surface area contributed by atoms with Crippen LogP contribution >= 0.6 is 12.4 Å². The van der Waals surface area contributed by atoms with Crippen molar-refractivity contribution in [2.24, 2.45) is 0 Å². The molecule has 1 aliphatic rings. The summed E-state index contributed by atoms with van der Waals surface area (Å²) in [7, 11) is 0. The summed E-state index contributed by atoms with van der Waals surface area (Å²) in [5, 5.41) is 7.30. The lowest BCUT2D eigenvalue weighted by Crippen LogP contribution is -2.34. The van der Waals surface area contributed by atoms with Crippen molar-refractivity contribution in [3.63, 3.8) is 0 Å². The third-order valence-corrected chi connectivity index (χ3v) is 3.61. The summed E-state index contributed by atoms with van der Waals surface area (Å²) in [4.78, 5) is 18.5. The van der Waals surface area contributed by atoms with E-state index in [1.807, 2.05) is 4.90 Å². The standard InChI is InChI=1S/C15H26N4O2.ClH/c1-15(2,3)14-17-12(21-18-14)6-4-7-13(20)19-10-5-8-16-9-11-19;/h16H,4-11H2,1-3H3;1H. The van der Waals surface area contributed by atoms with Crippen LogP contribution in [0.1, 0.15) is 51.7 Å². The SMILES string of the molecule is CC(C)(C)c1noc(CCCC(=O)N2CCCNCC2)n1.Cl. The minimum Gasteiger partial charge on any atom is -0.341 e. The van der Waals surface area contributed by atoms with Gasteiger partial charge in [0.25, 0.3) is 0 Å². The molecule has 126 valence electrons. The fourth-order valence-corrected chi connectivity index (χ4v) is 2.31. The molecule has 7 heteroatoms. The van der Waals surface area contributed by atoms with E-state index in [0.717, 1.165) is 44.8 Å². The summed E-state index contributed by atoms with van der Waals surface area (Å²) in [6.45, 7) is 9.73. The molecule has 2 heterocycles. The van der Waals surface area contributed by atoms with Crippen molar-refractivity contribution >= 4 is 18.3 Å². The number of nitrogens with zero attached hydrogens (tertiary/aromatic N) is 3. The Morgan fingerprint density at radius 3 is 2.77 bits per heavy atom. The van der Waals surface area contributed by atoms with E-state index in [2.05, 4.69) is 36.2 Å². The topological polar surface area (TPSA) is 71.3 Å². The zero-order valence-corrected chi connectivity index (χ0v) is 14.5. The van der Waals surface area contributed by atoms with Crippen LogP contribution in [-0.2, 0) is 16.6 Å². The fourth-order valence-electron chi connectivity index (χ4n) is 2.31. The van der Waals surface area contributed by atoms with E-state index in [0.29, 0.717) is 18.7 Å². The average molecular weight is 331 g/mol. The molecule has 1 N–H and O–H groups in total. The van der Waals surface area contributed by atoms with Crippen molar-refractivity contribution in [2.45, 2.75) is 51.9 Å². The largest absolute Gasteiger partial charge is 0.341 e. The van der Waals surface area contributed by atoms with Gasteiger partial charge in [-0.25, -0.2) is 0 Å². The monoisotopic (exact) mass is 330 g/mol. The number of carbonyl (C=O) groups excluding carboxylic acids is 1. The second-order valence-corrected chi connectivity index (χ2v) is 6.60. The van der Waals surface area contributed by atoms with Crippen LogP contribution in [0.25, 0.3) is 0 Å². The predicted molar refractivity (Wildman–Crippen MR) is 87.3 cm³/mol. The first kappa shape index (κ1) is 18.9. The van der Waals surface area contributed by atoms with Crippen LogP contribution in [0.15, 0.2) is 4.52 Å². The first-order chi connectivity index (χ1) is 9.97. The number of rotatable bonds is 4. The lowest BCUT2D eigenvalue weighted by atomic mass is 9.96. The molecule has 0 bridgehead atoms. The normalized spacial score (nSPS) is 16.0. The molecule has 1 aromatic rings.